The van der Waals surface area contributed by atoms with E-state index in [1.807, 2.05) is 31.3 Å². The summed E-state index contributed by atoms with van der Waals surface area (Å²) in [6.07, 6.45) is -1.82. The molecule has 8 heteroatoms. The van der Waals surface area contributed by atoms with Crippen LogP contribution >= 0.6 is 11.3 Å². The number of anilines is 2. The Morgan fingerprint density at radius 3 is 2.65 bits per heavy atom. The summed E-state index contributed by atoms with van der Waals surface area (Å²) >= 11 is 1.36. The molecule has 0 amide bonds. The maximum atomic E-state index is 13.4. The standard InChI is InChI=1S/C18H24F3N3OS/c1-4-5-6-9-25-16-8-7-13(10-15(16)18(19,20)21)22-17-23-14(12-26-17)11-24(2)3/h7-8,10,12H,4-6,9,11H2,1-3H3,(H,22,23). The molecule has 0 radical (unpaired) electrons. The second kappa shape index (κ2) is 9.23. The first-order chi connectivity index (χ1) is 12.3. The fourth-order valence-corrected chi connectivity index (χ4v) is 3.10. The van der Waals surface area contributed by atoms with E-state index in [0.29, 0.717) is 17.4 Å². The van der Waals surface area contributed by atoms with Gasteiger partial charge in [0, 0.05) is 17.6 Å². The number of hydrogen-bond donors (Lipinski definition) is 1. The van der Waals surface area contributed by atoms with Crippen molar-refractivity contribution in [2.75, 3.05) is 26.0 Å². The molecule has 2 rings (SSSR count). The molecule has 0 atom stereocenters. The van der Waals surface area contributed by atoms with Gasteiger partial charge in [-0.3, -0.25) is 0 Å². The zero-order valence-corrected chi connectivity index (χ0v) is 16.0. The Kier molecular flexibility index (Phi) is 7.28. The smallest absolute Gasteiger partial charge is 0.420 e. The number of nitrogens with zero attached hydrogens (tertiary/aromatic N) is 2. The largest absolute Gasteiger partial charge is 0.493 e. The van der Waals surface area contributed by atoms with E-state index in [0.717, 1.165) is 31.0 Å². The van der Waals surface area contributed by atoms with Gasteiger partial charge in [0.05, 0.1) is 17.9 Å². The third-order valence-electron chi connectivity index (χ3n) is 3.57. The van der Waals surface area contributed by atoms with E-state index >= 15 is 0 Å². The summed E-state index contributed by atoms with van der Waals surface area (Å²) in [4.78, 5) is 6.36. The van der Waals surface area contributed by atoms with Crippen LogP contribution < -0.4 is 10.1 Å². The lowest BCUT2D eigenvalue weighted by Crippen LogP contribution is -2.11. The van der Waals surface area contributed by atoms with Crippen LogP contribution in [0.4, 0.5) is 24.0 Å². The number of benzene rings is 1. The molecule has 0 bridgehead atoms. The summed E-state index contributed by atoms with van der Waals surface area (Å²) < 4.78 is 45.4. The highest BCUT2D eigenvalue weighted by atomic mass is 32.1. The van der Waals surface area contributed by atoms with Crippen molar-refractivity contribution in [3.63, 3.8) is 0 Å². The van der Waals surface area contributed by atoms with E-state index in [9.17, 15) is 13.2 Å². The van der Waals surface area contributed by atoms with Crippen molar-refractivity contribution in [3.05, 3.63) is 34.8 Å². The Hall–Kier alpha value is -1.80. The van der Waals surface area contributed by atoms with Crippen LogP contribution in [0.2, 0.25) is 0 Å². The van der Waals surface area contributed by atoms with Crippen LogP contribution in [0.1, 0.15) is 37.4 Å². The van der Waals surface area contributed by atoms with Gasteiger partial charge in [0.25, 0.3) is 0 Å². The van der Waals surface area contributed by atoms with Crippen LogP contribution in [0.25, 0.3) is 0 Å². The summed E-state index contributed by atoms with van der Waals surface area (Å²) in [5.41, 5.74) is 0.433. The minimum Gasteiger partial charge on any atom is -0.493 e. The number of thiazole rings is 1. The first kappa shape index (κ1) is 20.5. The highest BCUT2D eigenvalue weighted by Crippen LogP contribution is 2.38. The predicted molar refractivity (Wildman–Crippen MR) is 99.3 cm³/mol. The van der Waals surface area contributed by atoms with Crippen molar-refractivity contribution < 1.29 is 17.9 Å². The Morgan fingerprint density at radius 2 is 2.00 bits per heavy atom. The minimum atomic E-state index is -4.48. The van der Waals surface area contributed by atoms with Gasteiger partial charge in [0.2, 0.25) is 0 Å². The third kappa shape index (κ3) is 6.17. The number of halogens is 3. The van der Waals surface area contributed by atoms with Gasteiger partial charge in [0.1, 0.15) is 5.75 Å². The van der Waals surface area contributed by atoms with Crippen LogP contribution in [0, 0.1) is 0 Å². The molecule has 0 spiro atoms. The second-order valence-electron chi connectivity index (χ2n) is 6.27. The van der Waals surface area contributed by atoms with Gasteiger partial charge >= 0.3 is 6.18 Å². The molecule has 2 aromatic rings. The van der Waals surface area contributed by atoms with E-state index in [-0.39, 0.29) is 12.4 Å². The Balaban J connectivity index is 2.13. The number of hydrogen-bond acceptors (Lipinski definition) is 5. The molecule has 1 aromatic heterocycles. The van der Waals surface area contributed by atoms with Crippen molar-refractivity contribution in [3.8, 4) is 5.75 Å². The van der Waals surface area contributed by atoms with E-state index in [4.69, 9.17) is 4.74 Å². The Labute approximate surface area is 156 Å². The highest BCUT2D eigenvalue weighted by Gasteiger charge is 2.34. The average molecular weight is 387 g/mol. The molecule has 0 aliphatic heterocycles. The van der Waals surface area contributed by atoms with Gasteiger partial charge < -0.3 is 15.0 Å². The second-order valence-corrected chi connectivity index (χ2v) is 7.13. The highest BCUT2D eigenvalue weighted by molar-refractivity contribution is 7.13. The Bertz CT molecular complexity index is 701. The summed E-state index contributed by atoms with van der Waals surface area (Å²) in [6.45, 7) is 2.99. The first-order valence-electron chi connectivity index (χ1n) is 8.49. The quantitative estimate of drug-likeness (QED) is 0.574. The molecule has 1 heterocycles. The van der Waals surface area contributed by atoms with Crippen LogP contribution in [-0.4, -0.2) is 30.6 Å². The first-order valence-corrected chi connectivity index (χ1v) is 9.37. The van der Waals surface area contributed by atoms with E-state index < -0.39 is 11.7 Å². The van der Waals surface area contributed by atoms with Gasteiger partial charge in [0.15, 0.2) is 5.13 Å². The van der Waals surface area contributed by atoms with E-state index in [1.165, 1.54) is 17.4 Å². The number of alkyl halides is 3. The zero-order valence-electron chi connectivity index (χ0n) is 15.2. The molecule has 26 heavy (non-hydrogen) atoms. The molecular weight excluding hydrogens is 363 g/mol. The summed E-state index contributed by atoms with van der Waals surface area (Å²) in [6, 6.07) is 4.02. The fourth-order valence-electron chi connectivity index (χ4n) is 2.37. The molecule has 1 aromatic carbocycles. The number of nitrogens with one attached hydrogen (secondary N) is 1. The van der Waals surface area contributed by atoms with Crippen LogP contribution in [0.15, 0.2) is 23.6 Å². The number of ether oxygens (including phenoxy) is 1. The average Bonchev–Trinajstić information content (AvgIpc) is 2.97. The topological polar surface area (TPSA) is 37.4 Å². The molecule has 0 unspecified atom stereocenters. The monoisotopic (exact) mass is 387 g/mol. The predicted octanol–water partition coefficient (Wildman–Crippen LogP) is 5.54. The lowest BCUT2D eigenvalue weighted by molar-refractivity contribution is -0.138. The fraction of sp³-hybridized carbons (Fsp3) is 0.500. The molecule has 0 aliphatic rings. The number of rotatable bonds is 9. The number of aromatic nitrogens is 1. The molecule has 1 N–H and O–H groups in total. The molecule has 144 valence electrons. The van der Waals surface area contributed by atoms with E-state index in [2.05, 4.69) is 10.3 Å². The number of unbranched alkanes of at least 4 members (excludes halogenated alkanes) is 2. The lowest BCUT2D eigenvalue weighted by atomic mass is 10.1. The lowest BCUT2D eigenvalue weighted by Gasteiger charge is -2.15. The normalized spacial score (nSPS) is 11.8. The van der Waals surface area contributed by atoms with Crippen molar-refractivity contribution in [2.24, 2.45) is 0 Å². The van der Waals surface area contributed by atoms with E-state index in [1.54, 1.807) is 6.07 Å². The van der Waals surface area contributed by atoms with Crippen molar-refractivity contribution >= 4 is 22.2 Å². The van der Waals surface area contributed by atoms with Gasteiger partial charge in [-0.25, -0.2) is 4.98 Å². The van der Waals surface area contributed by atoms with Gasteiger partial charge in [-0.2, -0.15) is 13.2 Å². The molecule has 4 nitrogen and oxygen atoms in total. The van der Waals surface area contributed by atoms with Gasteiger partial charge in [-0.15, -0.1) is 11.3 Å². The molecular formula is C18H24F3N3OS. The molecule has 0 saturated carbocycles. The van der Waals surface area contributed by atoms with Crippen molar-refractivity contribution in [1.29, 1.82) is 0 Å². The third-order valence-corrected chi connectivity index (χ3v) is 4.38. The van der Waals surface area contributed by atoms with Crippen molar-refractivity contribution in [2.45, 2.75) is 38.9 Å². The SMILES string of the molecule is CCCCCOc1ccc(Nc2nc(CN(C)C)cs2)cc1C(F)(F)F. The van der Waals surface area contributed by atoms with Crippen LogP contribution in [-0.2, 0) is 12.7 Å². The molecule has 0 saturated heterocycles. The van der Waals surface area contributed by atoms with Gasteiger partial charge in [-0.1, -0.05) is 19.8 Å². The molecule has 0 fully saturated rings. The molecule has 0 aliphatic carbocycles. The summed E-state index contributed by atoms with van der Waals surface area (Å²) in [7, 11) is 3.86. The van der Waals surface area contributed by atoms with Crippen LogP contribution in [0.5, 0.6) is 5.75 Å². The summed E-state index contributed by atoms with van der Waals surface area (Å²) in [5.74, 6) is -0.133. The zero-order chi connectivity index (χ0) is 19.2. The van der Waals surface area contributed by atoms with Gasteiger partial charge in [-0.05, 0) is 38.7 Å². The minimum absolute atomic E-state index is 0.133. The Morgan fingerprint density at radius 1 is 1.23 bits per heavy atom. The maximum absolute atomic E-state index is 13.4. The van der Waals surface area contributed by atoms with Crippen molar-refractivity contribution in [1.82, 2.24) is 9.88 Å². The maximum Gasteiger partial charge on any atom is 0.420 e. The van der Waals surface area contributed by atoms with Crippen LogP contribution in [0.3, 0.4) is 0 Å². The summed E-state index contributed by atoms with van der Waals surface area (Å²) in [5, 5.41) is 5.40.